The van der Waals surface area contributed by atoms with Gasteiger partial charge < -0.3 is 10.5 Å². The van der Waals surface area contributed by atoms with Crippen LogP contribution in [0, 0.1) is 37.7 Å². The van der Waals surface area contributed by atoms with Crippen LogP contribution in [0.3, 0.4) is 0 Å². The summed E-state index contributed by atoms with van der Waals surface area (Å²) in [5.41, 5.74) is 4.44. The smallest absolute Gasteiger partial charge is 0.145 e. The molecule has 4 heteroatoms. The maximum absolute atomic E-state index is 10.8. The van der Waals surface area contributed by atoms with Gasteiger partial charge in [0.05, 0.1) is 0 Å². The second kappa shape index (κ2) is 22.4. The van der Waals surface area contributed by atoms with Crippen LogP contribution in [0.5, 0.6) is 0 Å². The van der Waals surface area contributed by atoms with Gasteiger partial charge >= 0.3 is 0 Å². The Labute approximate surface area is 100 Å². The molecule has 0 radical (unpaired) electrons. The number of ketones is 1. The molecule has 1 atom stereocenters. The van der Waals surface area contributed by atoms with Crippen molar-refractivity contribution in [1.82, 2.24) is 0 Å². The number of hydrogen-bond acceptors (Lipinski definition) is 2. The molecule has 0 amide bonds. The van der Waals surface area contributed by atoms with Crippen LogP contribution in [0.15, 0.2) is 0 Å². The number of carbonyl (C=O) groups is 1. The van der Waals surface area contributed by atoms with E-state index in [-0.39, 0.29) is 44.9 Å². The average molecular weight is 192 g/mol. The van der Waals surface area contributed by atoms with Gasteiger partial charge in [-0.05, 0) is 20.8 Å². The Bertz CT molecular complexity index is 67.7. The molecule has 2 N–H and O–H groups in total. The minimum atomic E-state index is -1.17. The zero-order chi connectivity index (χ0) is 9.15. The molecule has 11 heavy (non-hydrogen) atoms. The maximum atomic E-state index is 10.8. The van der Waals surface area contributed by atoms with E-state index in [1.165, 1.54) is 20.8 Å². The molecule has 0 heterocycles. The van der Waals surface area contributed by atoms with Gasteiger partial charge in [-0.15, -0.1) is 0 Å². The fraction of sp³-hybridized carbons (Fsp3) is 0.857. The Morgan fingerprint density at radius 2 is 1.45 bits per heavy atom. The number of Topliss-reactive ketones (excluding diaryl/α,β-unsaturated/α-hetero) is 1. The number of halogens is 1. The SMILES string of the molecule is CC.CC(C)=O.CC(N)[18F].[Ar].[HH]. The summed E-state index contributed by atoms with van der Waals surface area (Å²) in [6.07, 6.45) is -1.17. The molecule has 0 aliphatic rings. The van der Waals surface area contributed by atoms with Crippen molar-refractivity contribution in [3.8, 4) is 0 Å². The van der Waals surface area contributed by atoms with E-state index in [9.17, 15) is 9.18 Å². The van der Waals surface area contributed by atoms with E-state index in [1.807, 2.05) is 13.8 Å². The van der Waals surface area contributed by atoms with Crippen LogP contribution in [0.4, 0.5) is 4.39 Å². The van der Waals surface area contributed by atoms with E-state index in [1.54, 1.807) is 0 Å². The van der Waals surface area contributed by atoms with Gasteiger partial charge in [0.1, 0.15) is 12.1 Å². The summed E-state index contributed by atoms with van der Waals surface area (Å²) in [5.74, 6) is 0.167. The van der Waals surface area contributed by atoms with Crippen LogP contribution < -0.4 is 5.73 Å². The molecule has 0 bridgehead atoms. The molecule has 2 nitrogen and oxygen atoms in total. The van der Waals surface area contributed by atoms with Crippen LogP contribution in [0.2, 0.25) is 0 Å². The third-order valence-corrected chi connectivity index (χ3v) is 0. The van der Waals surface area contributed by atoms with E-state index in [0.717, 1.165) is 0 Å². The van der Waals surface area contributed by atoms with Gasteiger partial charge in [0.15, 0.2) is 0 Å². The van der Waals surface area contributed by atoms with Crippen LogP contribution in [0.25, 0.3) is 0 Å². The summed E-state index contributed by atoms with van der Waals surface area (Å²) in [4.78, 5) is 9.44. The van der Waals surface area contributed by atoms with Crippen molar-refractivity contribution in [2.75, 3.05) is 0 Å². The maximum Gasteiger partial charge on any atom is 0.145 e. The standard InChI is InChI=1S/C3H6O.C2H6FN.C2H6.Ar.H2/c1-3(2)4;1-2(3)4;1-2;;/h1-2H3;2H,4H2,1H3;1-2H3;;1H/i;3-1;;;. The molecule has 0 aliphatic carbocycles. The third kappa shape index (κ3) is 1250. The third-order valence-electron chi connectivity index (χ3n) is 0. The summed E-state index contributed by atoms with van der Waals surface area (Å²) in [6, 6.07) is 0. The van der Waals surface area contributed by atoms with Crippen molar-refractivity contribution in [3.05, 3.63) is 0 Å². The quantitative estimate of drug-likeness (QED) is 0.597. The second-order valence-corrected chi connectivity index (χ2v) is 1.59. The van der Waals surface area contributed by atoms with Gasteiger partial charge in [-0.1, -0.05) is 13.8 Å². The fourth-order valence-electron chi connectivity index (χ4n) is 0. The first kappa shape index (κ1) is 22.6. The van der Waals surface area contributed by atoms with Gasteiger partial charge in [0.25, 0.3) is 0 Å². The van der Waals surface area contributed by atoms with E-state index in [0.29, 0.717) is 0 Å². The van der Waals surface area contributed by atoms with Crippen LogP contribution >= 0.6 is 0 Å². The Morgan fingerprint density at radius 1 is 1.45 bits per heavy atom. The normalized spacial score (nSPS) is 8.64. The first-order valence-corrected chi connectivity index (χ1v) is 3.33. The Morgan fingerprint density at radius 3 is 1.45 bits per heavy atom. The molecule has 74 valence electrons. The summed E-state index contributed by atoms with van der Waals surface area (Å²) in [5, 5.41) is 0. The predicted molar refractivity (Wildman–Crippen MR) is 44.6 cm³/mol. The minimum Gasteiger partial charge on any atom is -0.302 e. The van der Waals surface area contributed by atoms with Crippen molar-refractivity contribution in [3.63, 3.8) is 0 Å². The van der Waals surface area contributed by atoms with Crippen LogP contribution in [-0.4, -0.2) is 12.1 Å². The molecular formula is C7H20ArFNO. The second-order valence-electron chi connectivity index (χ2n) is 1.59. The summed E-state index contributed by atoms with van der Waals surface area (Å²) < 4.78 is 10.8. The zero-order valence-electron chi connectivity index (χ0n) is 7.79. The van der Waals surface area contributed by atoms with E-state index >= 15 is 0 Å². The predicted octanol–water partition coefficient (Wildman–Crippen LogP) is 2.13. The first-order valence-electron chi connectivity index (χ1n) is 3.33. The molecular weight excluding hydrogens is 172 g/mol. The van der Waals surface area contributed by atoms with Crippen molar-refractivity contribution >= 4 is 5.78 Å². The molecule has 0 aliphatic heterocycles. The van der Waals surface area contributed by atoms with E-state index in [2.05, 4.69) is 5.73 Å². The van der Waals surface area contributed by atoms with Gasteiger partial charge in [-0.3, -0.25) is 0 Å². The van der Waals surface area contributed by atoms with Crippen molar-refractivity contribution in [1.29, 1.82) is 0 Å². The molecule has 0 saturated carbocycles. The number of hydrogen-bond donors (Lipinski definition) is 1. The summed E-state index contributed by atoms with van der Waals surface area (Å²) in [7, 11) is 0. The minimum absolute atomic E-state index is 0. The molecule has 0 rings (SSSR count). The molecule has 0 fully saturated rings. The zero-order valence-corrected chi connectivity index (χ0v) is 8.50. The summed E-state index contributed by atoms with van der Waals surface area (Å²) >= 11 is 0. The number of alkyl halides is 1. The van der Waals surface area contributed by atoms with E-state index < -0.39 is 6.30 Å². The van der Waals surface area contributed by atoms with Crippen LogP contribution in [-0.2, 0) is 4.79 Å². The van der Waals surface area contributed by atoms with Gasteiger partial charge in [-0.2, -0.15) is 0 Å². The Kier molecular flexibility index (Phi) is 46.1. The first-order chi connectivity index (χ1) is 4.46. The topological polar surface area (TPSA) is 43.1 Å². The molecule has 0 aromatic carbocycles. The molecule has 0 spiro atoms. The van der Waals surface area contributed by atoms with Crippen LogP contribution in [0.1, 0.15) is 36.0 Å². The molecule has 0 saturated heterocycles. The monoisotopic (exact) mass is 192 g/mol. The van der Waals surface area contributed by atoms with Crippen molar-refractivity contribution in [2.45, 2.75) is 40.9 Å². The largest absolute Gasteiger partial charge is 0.302 e. The van der Waals surface area contributed by atoms with Gasteiger partial charge in [0.2, 0.25) is 0 Å². The Balaban J connectivity index is -0.0000000198. The van der Waals surface area contributed by atoms with Crippen molar-refractivity contribution < 1.29 is 48.3 Å². The molecule has 0 aromatic heterocycles. The van der Waals surface area contributed by atoms with E-state index in [4.69, 9.17) is 0 Å². The Hall–Kier alpha value is 0.820. The fourth-order valence-corrected chi connectivity index (χ4v) is 0. The molecule has 0 aromatic rings. The number of carbonyl (C=O) groups excluding carboxylic acids is 1. The average Bonchev–Trinajstić information content (AvgIpc) is 1.66. The molecule has 1 unspecified atom stereocenters. The number of nitrogens with two attached hydrogens (primary N) is 1. The van der Waals surface area contributed by atoms with Gasteiger partial charge in [-0.25, -0.2) is 4.39 Å². The van der Waals surface area contributed by atoms with Crippen molar-refractivity contribution in [2.24, 2.45) is 5.73 Å². The summed E-state index contributed by atoms with van der Waals surface area (Å²) in [6.45, 7) is 8.33. The van der Waals surface area contributed by atoms with Gasteiger partial charge in [0, 0.05) is 39.2 Å². The number of rotatable bonds is 0.